The molecular formula is C15H16N4O3S4. The first kappa shape index (κ1) is 19.1. The van der Waals surface area contributed by atoms with Gasteiger partial charge in [-0.25, -0.2) is 4.21 Å². The van der Waals surface area contributed by atoms with E-state index in [0.29, 0.717) is 15.6 Å². The Morgan fingerprint density at radius 2 is 1.77 bits per heavy atom. The predicted octanol–water partition coefficient (Wildman–Crippen LogP) is 3.11. The molecule has 0 saturated carbocycles. The summed E-state index contributed by atoms with van der Waals surface area (Å²) >= 11 is 2.47. The molecule has 0 saturated heterocycles. The number of hydrogen-bond acceptors (Lipinski definition) is 7. The van der Waals surface area contributed by atoms with E-state index in [1.165, 1.54) is 24.1 Å². The molecule has 3 aromatic rings. The SMILES string of the molecule is CSc1nnc(-c2ccc(S(=O)(=O)N=[S@](C)(=O)c3ccccc3)s2)n1C. The summed E-state index contributed by atoms with van der Waals surface area (Å²) in [5, 5.41) is 8.87. The van der Waals surface area contributed by atoms with Gasteiger partial charge in [0, 0.05) is 18.2 Å². The zero-order chi connectivity index (χ0) is 18.9. The molecule has 7 nitrogen and oxygen atoms in total. The van der Waals surface area contributed by atoms with Crippen LogP contribution >= 0.6 is 23.1 Å². The van der Waals surface area contributed by atoms with Crippen LogP contribution in [0.2, 0.25) is 0 Å². The highest BCUT2D eigenvalue weighted by Crippen LogP contribution is 2.32. The van der Waals surface area contributed by atoms with Gasteiger partial charge in [-0.15, -0.1) is 25.3 Å². The topological polar surface area (TPSA) is 94.3 Å². The number of aromatic nitrogens is 3. The maximum atomic E-state index is 12.8. The summed E-state index contributed by atoms with van der Waals surface area (Å²) in [6.07, 6.45) is 3.21. The van der Waals surface area contributed by atoms with Crippen LogP contribution in [0.15, 0.2) is 60.5 Å². The van der Waals surface area contributed by atoms with E-state index in [9.17, 15) is 12.6 Å². The van der Waals surface area contributed by atoms with E-state index in [1.807, 2.05) is 13.3 Å². The molecule has 26 heavy (non-hydrogen) atoms. The van der Waals surface area contributed by atoms with Crippen LogP contribution in [-0.4, -0.2) is 39.9 Å². The molecule has 0 bridgehead atoms. The lowest BCUT2D eigenvalue weighted by atomic mass is 10.4. The van der Waals surface area contributed by atoms with Crippen LogP contribution in [-0.2, 0) is 26.8 Å². The highest BCUT2D eigenvalue weighted by atomic mass is 32.3. The molecule has 0 aliphatic heterocycles. The van der Waals surface area contributed by atoms with Crippen molar-refractivity contribution < 1.29 is 12.6 Å². The molecule has 2 heterocycles. The molecule has 2 aromatic heterocycles. The number of hydrogen-bond donors (Lipinski definition) is 0. The average molecular weight is 429 g/mol. The molecule has 0 fully saturated rings. The normalized spacial score (nSPS) is 14.1. The van der Waals surface area contributed by atoms with Crippen molar-refractivity contribution in [3.8, 4) is 10.7 Å². The molecule has 0 N–H and O–H groups in total. The Labute approximate surface area is 160 Å². The Balaban J connectivity index is 2.02. The summed E-state index contributed by atoms with van der Waals surface area (Å²) < 4.78 is 43.5. The molecule has 11 heteroatoms. The number of thioether (sulfide) groups is 1. The van der Waals surface area contributed by atoms with Crippen LogP contribution < -0.4 is 0 Å². The first-order valence-corrected chi connectivity index (χ1v) is 12.7. The fourth-order valence-electron chi connectivity index (χ4n) is 2.23. The van der Waals surface area contributed by atoms with E-state index in [2.05, 4.69) is 14.0 Å². The van der Waals surface area contributed by atoms with Crippen LogP contribution in [0.25, 0.3) is 10.7 Å². The van der Waals surface area contributed by atoms with E-state index < -0.39 is 19.8 Å². The molecule has 3 rings (SSSR count). The average Bonchev–Trinajstić information content (AvgIpc) is 3.21. The second-order valence-electron chi connectivity index (χ2n) is 5.35. The minimum absolute atomic E-state index is 0.0201. The Morgan fingerprint density at radius 3 is 2.38 bits per heavy atom. The highest BCUT2D eigenvalue weighted by molar-refractivity contribution is 8.03. The lowest BCUT2D eigenvalue weighted by Gasteiger charge is -2.03. The Morgan fingerprint density at radius 1 is 1.08 bits per heavy atom. The molecule has 1 aromatic carbocycles. The van der Waals surface area contributed by atoms with Gasteiger partial charge in [0.15, 0.2) is 11.0 Å². The van der Waals surface area contributed by atoms with Gasteiger partial charge in [0.25, 0.3) is 10.0 Å². The van der Waals surface area contributed by atoms with Crippen LogP contribution in [0, 0.1) is 0 Å². The van der Waals surface area contributed by atoms with Crippen molar-refractivity contribution in [1.29, 1.82) is 0 Å². The molecular weight excluding hydrogens is 412 g/mol. The van der Waals surface area contributed by atoms with Crippen molar-refractivity contribution >= 4 is 42.9 Å². The third-order valence-corrected chi connectivity index (χ3v) is 9.69. The van der Waals surface area contributed by atoms with Crippen molar-refractivity contribution in [2.24, 2.45) is 10.8 Å². The number of sulfonamides is 1. The molecule has 138 valence electrons. The molecule has 0 amide bonds. The number of rotatable bonds is 5. The smallest absolute Gasteiger partial charge is 0.299 e. The summed E-state index contributed by atoms with van der Waals surface area (Å²) in [5.74, 6) is 0.570. The second-order valence-corrected chi connectivity index (χ2v) is 11.5. The van der Waals surface area contributed by atoms with Gasteiger partial charge in [0.1, 0.15) is 4.21 Å². The molecule has 0 unspecified atom stereocenters. The van der Waals surface area contributed by atoms with Crippen molar-refractivity contribution in [3.63, 3.8) is 0 Å². The standard InChI is InChI=1S/C15H16N4O3S4/c1-19-14(16-17-15(19)23-2)12-9-10-13(24-12)26(21,22)18-25(3,20)11-7-5-4-6-8-11/h4-10H,1-3H3/t25-/m1/s1. The summed E-state index contributed by atoms with van der Waals surface area (Å²) in [7, 11) is -5.32. The minimum Gasteiger partial charge on any atom is -0.305 e. The maximum Gasteiger partial charge on any atom is 0.299 e. The zero-order valence-electron chi connectivity index (χ0n) is 14.2. The first-order valence-electron chi connectivity index (χ1n) is 7.32. The maximum absolute atomic E-state index is 12.8. The third-order valence-electron chi connectivity index (χ3n) is 3.49. The fourth-order valence-corrected chi connectivity index (χ4v) is 7.47. The van der Waals surface area contributed by atoms with Gasteiger partial charge in [0.05, 0.1) is 14.6 Å². The second kappa shape index (κ2) is 7.14. The summed E-state index contributed by atoms with van der Waals surface area (Å²) in [4.78, 5) is 1.02. The lowest BCUT2D eigenvalue weighted by Crippen LogP contribution is -2.03. The van der Waals surface area contributed by atoms with Gasteiger partial charge in [-0.05, 0) is 30.5 Å². The highest BCUT2D eigenvalue weighted by Gasteiger charge is 2.21. The van der Waals surface area contributed by atoms with E-state index in [-0.39, 0.29) is 4.21 Å². The molecule has 0 aliphatic rings. The summed E-state index contributed by atoms with van der Waals surface area (Å²) in [6.45, 7) is 0. The molecule has 0 spiro atoms. The Bertz CT molecular complexity index is 1160. The third kappa shape index (κ3) is 3.70. The van der Waals surface area contributed by atoms with Crippen LogP contribution in [0.1, 0.15) is 0 Å². The summed E-state index contributed by atoms with van der Waals surface area (Å²) in [6, 6.07) is 11.5. The largest absolute Gasteiger partial charge is 0.305 e. The molecule has 1 atom stereocenters. The number of thiophene rings is 1. The van der Waals surface area contributed by atoms with Crippen molar-refractivity contribution in [2.45, 2.75) is 14.3 Å². The zero-order valence-corrected chi connectivity index (χ0v) is 17.5. The van der Waals surface area contributed by atoms with Crippen LogP contribution in [0.5, 0.6) is 0 Å². The van der Waals surface area contributed by atoms with Gasteiger partial charge >= 0.3 is 0 Å². The Hall–Kier alpha value is -1.69. The van der Waals surface area contributed by atoms with Gasteiger partial charge in [-0.1, -0.05) is 30.0 Å². The van der Waals surface area contributed by atoms with E-state index in [0.717, 1.165) is 16.5 Å². The predicted molar refractivity (Wildman–Crippen MR) is 104 cm³/mol. The quantitative estimate of drug-likeness (QED) is 0.580. The van der Waals surface area contributed by atoms with Gasteiger partial charge in [-0.2, -0.15) is 8.42 Å². The number of nitrogens with zero attached hydrogens (tertiary/aromatic N) is 4. The number of benzene rings is 1. The van der Waals surface area contributed by atoms with E-state index >= 15 is 0 Å². The van der Waals surface area contributed by atoms with Crippen LogP contribution in [0.4, 0.5) is 0 Å². The van der Waals surface area contributed by atoms with Gasteiger partial charge < -0.3 is 4.57 Å². The Kier molecular flexibility index (Phi) is 5.24. The van der Waals surface area contributed by atoms with Crippen molar-refractivity contribution in [1.82, 2.24) is 14.8 Å². The van der Waals surface area contributed by atoms with Gasteiger partial charge in [0.2, 0.25) is 0 Å². The fraction of sp³-hybridized carbons (Fsp3) is 0.200. The lowest BCUT2D eigenvalue weighted by molar-refractivity contribution is 0.600. The van der Waals surface area contributed by atoms with Crippen molar-refractivity contribution in [2.75, 3.05) is 12.5 Å². The van der Waals surface area contributed by atoms with Crippen LogP contribution in [0.3, 0.4) is 0 Å². The molecule has 0 radical (unpaired) electrons. The first-order chi connectivity index (χ1) is 12.2. The molecule has 0 aliphatic carbocycles. The summed E-state index contributed by atoms with van der Waals surface area (Å²) in [5.41, 5.74) is 0. The van der Waals surface area contributed by atoms with Crippen molar-refractivity contribution in [3.05, 3.63) is 42.5 Å². The van der Waals surface area contributed by atoms with E-state index in [1.54, 1.807) is 41.0 Å². The monoisotopic (exact) mass is 428 g/mol. The van der Waals surface area contributed by atoms with Gasteiger partial charge in [-0.3, -0.25) is 0 Å². The minimum atomic E-state index is -4.06. The van der Waals surface area contributed by atoms with E-state index in [4.69, 9.17) is 0 Å².